The van der Waals surface area contributed by atoms with Crippen LogP contribution in [-0.4, -0.2) is 17.1 Å². The summed E-state index contributed by atoms with van der Waals surface area (Å²) >= 11 is 0. The molecule has 14 heavy (non-hydrogen) atoms. The van der Waals surface area contributed by atoms with Crippen molar-refractivity contribution in [2.45, 2.75) is 18.9 Å². The number of rotatable bonds is 3. The Morgan fingerprint density at radius 1 is 1.71 bits per heavy atom. The maximum Gasteiger partial charge on any atom is 0.137 e. The summed E-state index contributed by atoms with van der Waals surface area (Å²) in [6.07, 6.45) is 4.49. The minimum atomic E-state index is -0.0875. The number of aromatic nitrogens is 1. The smallest absolute Gasteiger partial charge is 0.137 e. The van der Waals surface area contributed by atoms with Crippen LogP contribution >= 0.6 is 12.4 Å². The average Bonchev–Trinajstić information content (AvgIpc) is 2.74. The second-order valence-electron chi connectivity index (χ2n) is 3.82. The molecule has 1 heterocycles. The summed E-state index contributed by atoms with van der Waals surface area (Å²) < 4.78 is 5.52. The number of halogens is 1. The first-order valence-corrected chi connectivity index (χ1v) is 4.52. The Bertz CT molecular complexity index is 293. The first-order chi connectivity index (χ1) is 6.21. The molecule has 2 rings (SSSR count). The summed E-state index contributed by atoms with van der Waals surface area (Å²) in [7, 11) is 0. The van der Waals surface area contributed by atoms with Crippen LogP contribution in [-0.2, 0) is 0 Å². The molecule has 1 fully saturated rings. The van der Waals surface area contributed by atoms with Gasteiger partial charge in [-0.05, 0) is 24.5 Å². The molecule has 0 spiro atoms. The van der Waals surface area contributed by atoms with Crippen molar-refractivity contribution >= 4 is 12.4 Å². The van der Waals surface area contributed by atoms with E-state index >= 15 is 0 Å². The van der Waals surface area contributed by atoms with Gasteiger partial charge in [-0.25, -0.2) is 0 Å². The van der Waals surface area contributed by atoms with Gasteiger partial charge >= 0.3 is 0 Å². The minimum Gasteiger partial charge on any atom is -0.490 e. The Kier molecular flexibility index (Phi) is 3.34. The van der Waals surface area contributed by atoms with Crippen LogP contribution in [0.5, 0.6) is 5.75 Å². The maximum absolute atomic E-state index is 5.99. The molecule has 0 bridgehead atoms. The quantitative estimate of drug-likeness (QED) is 0.832. The average molecular weight is 215 g/mol. The van der Waals surface area contributed by atoms with Crippen LogP contribution in [0.4, 0.5) is 0 Å². The van der Waals surface area contributed by atoms with Crippen LogP contribution in [0.25, 0.3) is 0 Å². The summed E-state index contributed by atoms with van der Waals surface area (Å²) in [6.45, 7) is 2.74. The molecule has 0 radical (unpaired) electrons. The summed E-state index contributed by atoms with van der Waals surface area (Å²) in [5.41, 5.74) is 5.91. The van der Waals surface area contributed by atoms with E-state index in [4.69, 9.17) is 10.5 Å². The Balaban J connectivity index is 0.000000980. The molecule has 1 aliphatic rings. The number of hydrogen-bond donors (Lipinski definition) is 1. The van der Waals surface area contributed by atoms with Gasteiger partial charge in [-0.15, -0.1) is 12.4 Å². The fraction of sp³-hybridized carbons (Fsp3) is 0.500. The molecule has 0 aromatic carbocycles. The maximum atomic E-state index is 5.99. The van der Waals surface area contributed by atoms with Gasteiger partial charge in [0, 0.05) is 6.20 Å². The Labute approximate surface area is 90.1 Å². The van der Waals surface area contributed by atoms with E-state index in [0.717, 1.165) is 12.2 Å². The van der Waals surface area contributed by atoms with Crippen molar-refractivity contribution in [3.05, 3.63) is 24.5 Å². The third-order valence-electron chi connectivity index (χ3n) is 2.65. The molecule has 1 saturated carbocycles. The van der Waals surface area contributed by atoms with E-state index in [9.17, 15) is 0 Å². The number of ether oxygens (including phenoxy) is 1. The second kappa shape index (κ2) is 4.15. The van der Waals surface area contributed by atoms with E-state index in [0.29, 0.717) is 12.5 Å². The summed E-state index contributed by atoms with van der Waals surface area (Å²) in [5.74, 6) is 1.38. The molecule has 0 amide bonds. The van der Waals surface area contributed by atoms with Crippen molar-refractivity contribution in [3.8, 4) is 5.75 Å². The summed E-state index contributed by atoms with van der Waals surface area (Å²) in [4.78, 5) is 3.96. The van der Waals surface area contributed by atoms with E-state index in [1.54, 1.807) is 12.4 Å². The van der Waals surface area contributed by atoms with E-state index in [-0.39, 0.29) is 17.9 Å². The molecule has 3 nitrogen and oxygen atoms in total. The molecule has 0 aliphatic heterocycles. The second-order valence-corrected chi connectivity index (χ2v) is 3.82. The standard InChI is InChI=1S/C10H14N2O.ClH/c1-8-5-10(8,11)7-13-9-3-2-4-12-6-9;/h2-4,6,8H,5,7,11H2,1H3;1H. The molecule has 2 unspecified atom stereocenters. The topological polar surface area (TPSA) is 48.1 Å². The van der Waals surface area contributed by atoms with E-state index in [2.05, 4.69) is 11.9 Å². The summed E-state index contributed by atoms with van der Waals surface area (Å²) in [6, 6.07) is 3.75. The zero-order valence-corrected chi connectivity index (χ0v) is 8.96. The highest BCUT2D eigenvalue weighted by Crippen LogP contribution is 2.40. The van der Waals surface area contributed by atoms with Crippen LogP contribution in [0.2, 0.25) is 0 Å². The lowest BCUT2D eigenvalue weighted by molar-refractivity contribution is 0.270. The van der Waals surface area contributed by atoms with Crippen molar-refractivity contribution in [3.63, 3.8) is 0 Å². The first-order valence-electron chi connectivity index (χ1n) is 4.52. The number of hydrogen-bond acceptors (Lipinski definition) is 3. The van der Waals surface area contributed by atoms with Crippen LogP contribution in [0, 0.1) is 5.92 Å². The van der Waals surface area contributed by atoms with Gasteiger partial charge in [-0.1, -0.05) is 6.92 Å². The molecule has 1 aliphatic carbocycles. The van der Waals surface area contributed by atoms with Crippen molar-refractivity contribution in [1.82, 2.24) is 4.98 Å². The predicted octanol–water partition coefficient (Wildman–Crippen LogP) is 1.62. The summed E-state index contributed by atoms with van der Waals surface area (Å²) in [5, 5.41) is 0. The molecule has 0 saturated heterocycles. The minimum absolute atomic E-state index is 0. The van der Waals surface area contributed by atoms with Crippen LogP contribution in [0.15, 0.2) is 24.5 Å². The van der Waals surface area contributed by atoms with Crippen molar-refractivity contribution < 1.29 is 4.74 Å². The molecule has 78 valence electrons. The lowest BCUT2D eigenvalue weighted by Crippen LogP contribution is -2.32. The number of nitrogens with two attached hydrogens (primary N) is 1. The molecular formula is C10H15ClN2O. The SMILES string of the molecule is CC1CC1(N)COc1cccnc1.Cl. The van der Waals surface area contributed by atoms with Gasteiger partial charge in [0.15, 0.2) is 0 Å². The van der Waals surface area contributed by atoms with E-state index < -0.39 is 0 Å². The highest BCUT2D eigenvalue weighted by molar-refractivity contribution is 5.85. The Morgan fingerprint density at radius 3 is 2.93 bits per heavy atom. The highest BCUT2D eigenvalue weighted by atomic mass is 35.5. The zero-order chi connectivity index (χ0) is 9.31. The van der Waals surface area contributed by atoms with Crippen molar-refractivity contribution in [1.29, 1.82) is 0 Å². The molecule has 1 aromatic heterocycles. The van der Waals surface area contributed by atoms with Gasteiger partial charge in [0.2, 0.25) is 0 Å². The Hall–Kier alpha value is -0.800. The van der Waals surface area contributed by atoms with Crippen LogP contribution in [0.3, 0.4) is 0 Å². The molecule has 4 heteroatoms. The molecule has 1 aromatic rings. The Morgan fingerprint density at radius 2 is 2.43 bits per heavy atom. The molecular weight excluding hydrogens is 200 g/mol. The normalized spacial score (nSPS) is 29.1. The predicted molar refractivity (Wildman–Crippen MR) is 57.7 cm³/mol. The van der Waals surface area contributed by atoms with Gasteiger partial charge in [0.05, 0.1) is 11.7 Å². The van der Waals surface area contributed by atoms with E-state index in [1.807, 2.05) is 12.1 Å². The molecule has 2 atom stereocenters. The van der Waals surface area contributed by atoms with Gasteiger partial charge in [0.25, 0.3) is 0 Å². The third-order valence-corrected chi connectivity index (χ3v) is 2.65. The van der Waals surface area contributed by atoms with Gasteiger partial charge in [-0.2, -0.15) is 0 Å². The van der Waals surface area contributed by atoms with Gasteiger partial charge in [-0.3, -0.25) is 4.98 Å². The first kappa shape index (κ1) is 11.3. The van der Waals surface area contributed by atoms with Crippen LogP contribution < -0.4 is 10.5 Å². The monoisotopic (exact) mass is 214 g/mol. The lowest BCUT2D eigenvalue weighted by atomic mass is 10.2. The number of pyridine rings is 1. The number of nitrogens with zero attached hydrogens (tertiary/aromatic N) is 1. The fourth-order valence-corrected chi connectivity index (χ4v) is 1.36. The lowest BCUT2D eigenvalue weighted by Gasteiger charge is -2.11. The van der Waals surface area contributed by atoms with Crippen molar-refractivity contribution in [2.75, 3.05) is 6.61 Å². The zero-order valence-electron chi connectivity index (χ0n) is 8.14. The van der Waals surface area contributed by atoms with Gasteiger partial charge < -0.3 is 10.5 Å². The largest absolute Gasteiger partial charge is 0.490 e. The van der Waals surface area contributed by atoms with Crippen molar-refractivity contribution in [2.24, 2.45) is 11.7 Å². The van der Waals surface area contributed by atoms with E-state index in [1.165, 1.54) is 0 Å². The van der Waals surface area contributed by atoms with Crippen LogP contribution in [0.1, 0.15) is 13.3 Å². The third kappa shape index (κ3) is 2.36. The molecule has 2 N–H and O–H groups in total. The fourth-order valence-electron chi connectivity index (χ4n) is 1.36. The highest BCUT2D eigenvalue weighted by Gasteiger charge is 2.48. The van der Waals surface area contributed by atoms with Gasteiger partial charge in [0.1, 0.15) is 12.4 Å².